The fourth-order valence-corrected chi connectivity index (χ4v) is 3.28. The molecular formula is C22H27NO4. The third-order valence-electron chi connectivity index (χ3n) is 4.72. The number of hydrogen-bond donors (Lipinski definition) is 2. The summed E-state index contributed by atoms with van der Waals surface area (Å²) in [6.07, 6.45) is -0.380. The maximum absolute atomic E-state index is 11.6. The van der Waals surface area contributed by atoms with Crippen molar-refractivity contribution >= 4 is 11.5 Å². The van der Waals surface area contributed by atoms with E-state index in [1.165, 1.54) is 0 Å². The zero-order chi connectivity index (χ0) is 19.8. The summed E-state index contributed by atoms with van der Waals surface area (Å²) in [5.74, 6) is -0.114. The van der Waals surface area contributed by atoms with Crippen LogP contribution in [0.3, 0.4) is 0 Å². The van der Waals surface area contributed by atoms with E-state index < -0.39 is 5.97 Å². The van der Waals surface area contributed by atoms with E-state index in [4.69, 9.17) is 9.47 Å². The summed E-state index contributed by atoms with van der Waals surface area (Å²) < 4.78 is 11.0. The van der Waals surface area contributed by atoms with Gasteiger partial charge in [0.05, 0.1) is 19.6 Å². The zero-order valence-electron chi connectivity index (χ0n) is 16.2. The van der Waals surface area contributed by atoms with Crippen LogP contribution >= 0.6 is 0 Å². The summed E-state index contributed by atoms with van der Waals surface area (Å²) in [6, 6.07) is 17.2. The largest absolute Gasteiger partial charge is 0.497 e. The first-order chi connectivity index (χ1) is 13.0. The number of aliphatic carboxylic acids is 1. The van der Waals surface area contributed by atoms with Crippen molar-refractivity contribution in [3.63, 3.8) is 0 Å². The number of rotatable bonds is 9. The maximum Gasteiger partial charge on any atom is 0.307 e. The molecule has 0 bridgehead atoms. The summed E-state index contributed by atoms with van der Waals surface area (Å²) in [5.41, 5.74) is 3.64. The Hall–Kier alpha value is -2.63. The SMILES string of the molecule is CNC(/C(CC(=O)O)=C(\C)c1ccc(OC)cc1)C(OC)c1ccccc1. The van der Waals surface area contributed by atoms with Crippen LogP contribution < -0.4 is 10.1 Å². The van der Waals surface area contributed by atoms with Crippen molar-refractivity contribution in [1.82, 2.24) is 5.32 Å². The monoisotopic (exact) mass is 369 g/mol. The fraction of sp³-hybridized carbons (Fsp3) is 0.318. The molecule has 2 aromatic rings. The Morgan fingerprint density at radius 1 is 1.07 bits per heavy atom. The summed E-state index contributed by atoms with van der Waals surface area (Å²) in [5, 5.41) is 12.8. The molecule has 0 fully saturated rings. The van der Waals surface area contributed by atoms with Gasteiger partial charge in [-0.2, -0.15) is 0 Å². The van der Waals surface area contributed by atoms with Crippen molar-refractivity contribution in [2.45, 2.75) is 25.5 Å². The van der Waals surface area contributed by atoms with Gasteiger partial charge < -0.3 is 19.9 Å². The van der Waals surface area contributed by atoms with E-state index in [-0.39, 0.29) is 18.6 Å². The molecule has 0 aliphatic heterocycles. The molecule has 27 heavy (non-hydrogen) atoms. The number of nitrogens with one attached hydrogen (secondary N) is 1. The molecule has 144 valence electrons. The molecule has 0 spiro atoms. The minimum Gasteiger partial charge on any atom is -0.497 e. The summed E-state index contributed by atoms with van der Waals surface area (Å²) in [6.45, 7) is 1.95. The predicted molar refractivity (Wildman–Crippen MR) is 107 cm³/mol. The first-order valence-electron chi connectivity index (χ1n) is 8.82. The Morgan fingerprint density at radius 3 is 2.19 bits per heavy atom. The average molecular weight is 369 g/mol. The third-order valence-corrected chi connectivity index (χ3v) is 4.72. The topological polar surface area (TPSA) is 67.8 Å². The number of carbonyl (C=O) groups is 1. The average Bonchev–Trinajstić information content (AvgIpc) is 2.70. The van der Waals surface area contributed by atoms with Crippen molar-refractivity contribution in [2.24, 2.45) is 0 Å². The van der Waals surface area contributed by atoms with Gasteiger partial charge in [-0.25, -0.2) is 0 Å². The van der Waals surface area contributed by atoms with Crippen LogP contribution in [0.15, 0.2) is 60.2 Å². The van der Waals surface area contributed by atoms with Crippen LogP contribution in [0.5, 0.6) is 5.75 Å². The normalized spacial score (nSPS) is 14.2. The highest BCUT2D eigenvalue weighted by Crippen LogP contribution is 2.32. The molecule has 0 aliphatic carbocycles. The Labute approximate surface area is 160 Å². The van der Waals surface area contributed by atoms with Gasteiger partial charge in [0.15, 0.2) is 0 Å². The van der Waals surface area contributed by atoms with Crippen molar-refractivity contribution in [2.75, 3.05) is 21.3 Å². The Balaban J connectivity index is 2.51. The van der Waals surface area contributed by atoms with Gasteiger partial charge in [-0.3, -0.25) is 4.79 Å². The highest BCUT2D eigenvalue weighted by Gasteiger charge is 2.28. The van der Waals surface area contributed by atoms with Gasteiger partial charge in [-0.1, -0.05) is 42.5 Å². The second-order valence-electron chi connectivity index (χ2n) is 6.28. The molecule has 0 aromatic heterocycles. The van der Waals surface area contributed by atoms with E-state index in [0.29, 0.717) is 0 Å². The first kappa shape index (κ1) is 20.7. The molecule has 2 aromatic carbocycles. The van der Waals surface area contributed by atoms with Gasteiger partial charge in [0.25, 0.3) is 0 Å². The summed E-state index contributed by atoms with van der Waals surface area (Å²) in [4.78, 5) is 11.6. The molecule has 5 heteroatoms. The number of allylic oxidation sites excluding steroid dienone is 1. The second kappa shape index (κ2) is 9.90. The van der Waals surface area contributed by atoms with Crippen LogP contribution in [0.1, 0.15) is 30.6 Å². The number of hydrogen-bond acceptors (Lipinski definition) is 4. The minimum absolute atomic E-state index is 0.0734. The second-order valence-corrected chi connectivity index (χ2v) is 6.28. The Kier molecular flexibility index (Phi) is 7.58. The molecule has 2 N–H and O–H groups in total. The van der Waals surface area contributed by atoms with Gasteiger partial charge in [0.1, 0.15) is 11.9 Å². The number of benzene rings is 2. The van der Waals surface area contributed by atoms with Crippen molar-refractivity contribution in [3.8, 4) is 5.75 Å². The molecule has 0 heterocycles. The van der Waals surface area contributed by atoms with Crippen LogP contribution in [-0.4, -0.2) is 38.4 Å². The Morgan fingerprint density at radius 2 is 1.70 bits per heavy atom. The minimum atomic E-state index is -0.874. The number of methoxy groups -OCH3 is 2. The molecule has 2 atom stereocenters. The third kappa shape index (κ3) is 5.18. The fourth-order valence-electron chi connectivity index (χ4n) is 3.28. The van der Waals surface area contributed by atoms with Crippen LogP contribution in [0, 0.1) is 0 Å². The number of likely N-dealkylation sites (N-methyl/N-ethyl adjacent to an activating group) is 1. The lowest BCUT2D eigenvalue weighted by molar-refractivity contribution is -0.136. The van der Waals surface area contributed by atoms with E-state index in [9.17, 15) is 9.90 Å². The molecular weight excluding hydrogens is 342 g/mol. The smallest absolute Gasteiger partial charge is 0.307 e. The lowest BCUT2D eigenvalue weighted by atomic mass is 9.88. The number of ether oxygens (including phenoxy) is 2. The molecule has 0 amide bonds. The van der Waals surface area contributed by atoms with Crippen LogP contribution in [0.25, 0.3) is 5.57 Å². The highest BCUT2D eigenvalue weighted by atomic mass is 16.5. The molecule has 0 aliphatic rings. The van der Waals surface area contributed by atoms with Gasteiger partial charge in [0.2, 0.25) is 0 Å². The van der Waals surface area contributed by atoms with Gasteiger partial charge in [-0.05, 0) is 48.4 Å². The lowest BCUT2D eigenvalue weighted by Crippen LogP contribution is -2.36. The molecule has 0 saturated heterocycles. The van der Waals surface area contributed by atoms with Gasteiger partial charge >= 0.3 is 5.97 Å². The Bertz CT molecular complexity index is 769. The van der Waals surface area contributed by atoms with Crippen molar-refractivity contribution < 1.29 is 19.4 Å². The van der Waals surface area contributed by atoms with E-state index in [0.717, 1.165) is 28.0 Å². The lowest BCUT2D eigenvalue weighted by Gasteiger charge is -2.29. The summed E-state index contributed by atoms with van der Waals surface area (Å²) >= 11 is 0. The number of carboxylic acid groups (broad SMARTS) is 1. The van der Waals surface area contributed by atoms with E-state index in [2.05, 4.69) is 5.32 Å². The highest BCUT2D eigenvalue weighted by molar-refractivity contribution is 5.77. The quantitative estimate of drug-likeness (QED) is 0.701. The van der Waals surface area contributed by atoms with Crippen molar-refractivity contribution in [3.05, 3.63) is 71.3 Å². The van der Waals surface area contributed by atoms with E-state index in [1.807, 2.05) is 68.6 Å². The first-order valence-corrected chi connectivity index (χ1v) is 8.82. The standard InChI is InChI=1S/C22H27NO4/c1-15(16-10-12-18(26-3)13-11-16)19(14-20(24)25)21(23-2)22(27-4)17-8-6-5-7-9-17/h5-13,21-23H,14H2,1-4H3,(H,24,25)/b19-15+. The zero-order valence-corrected chi connectivity index (χ0v) is 16.2. The van der Waals surface area contributed by atoms with Crippen LogP contribution in [-0.2, 0) is 9.53 Å². The van der Waals surface area contributed by atoms with Gasteiger partial charge in [-0.15, -0.1) is 0 Å². The van der Waals surface area contributed by atoms with Crippen LogP contribution in [0.2, 0.25) is 0 Å². The van der Waals surface area contributed by atoms with Crippen LogP contribution in [0.4, 0.5) is 0 Å². The number of carboxylic acids is 1. The molecule has 0 radical (unpaired) electrons. The van der Waals surface area contributed by atoms with Gasteiger partial charge in [0, 0.05) is 7.11 Å². The van der Waals surface area contributed by atoms with E-state index in [1.54, 1.807) is 14.2 Å². The molecule has 5 nitrogen and oxygen atoms in total. The molecule has 2 rings (SSSR count). The molecule has 0 saturated carbocycles. The maximum atomic E-state index is 11.6. The van der Waals surface area contributed by atoms with Crippen molar-refractivity contribution in [1.29, 1.82) is 0 Å². The van der Waals surface area contributed by atoms with E-state index >= 15 is 0 Å². The predicted octanol–water partition coefficient (Wildman–Crippen LogP) is 3.92. The summed E-state index contributed by atoms with van der Waals surface area (Å²) in [7, 11) is 5.08. The molecule has 2 unspecified atom stereocenters.